The molecule has 0 aliphatic carbocycles. The number of carbonyl (C=O) groups excluding carboxylic acids is 1. The van der Waals surface area contributed by atoms with Crippen LogP contribution >= 0.6 is 0 Å². The Kier molecular flexibility index (Phi) is 3.44. The molecular weight excluding hydrogens is 255 g/mol. The summed E-state index contributed by atoms with van der Waals surface area (Å²) in [7, 11) is 0. The number of nitro benzene ring substituents is 1. The maximum atomic E-state index is 12.5. The van der Waals surface area contributed by atoms with E-state index in [0.717, 1.165) is 6.92 Å². The molecule has 1 amide bonds. The number of rotatable bonds is 2. The average Bonchev–Trinajstić information content (AvgIpc) is 2.18. The predicted molar refractivity (Wildman–Crippen MR) is 56.8 cm³/mol. The van der Waals surface area contributed by atoms with Gasteiger partial charge in [-0.3, -0.25) is 14.9 Å². The molecule has 18 heavy (non-hydrogen) atoms. The zero-order valence-electron chi connectivity index (χ0n) is 9.04. The molecule has 0 unspecified atom stereocenters. The highest BCUT2D eigenvalue weighted by Crippen LogP contribution is 2.38. The number of alkyl halides is 3. The van der Waals surface area contributed by atoms with Gasteiger partial charge in [0.1, 0.15) is 5.69 Å². The van der Waals surface area contributed by atoms with E-state index < -0.39 is 39.6 Å². The number of nitrogens with one attached hydrogen (secondary N) is 1. The van der Waals surface area contributed by atoms with Gasteiger partial charge in [-0.05, 0) is 6.07 Å². The molecule has 0 bridgehead atoms. The van der Waals surface area contributed by atoms with Crippen molar-refractivity contribution in [2.75, 3.05) is 11.1 Å². The van der Waals surface area contributed by atoms with Crippen molar-refractivity contribution in [2.45, 2.75) is 13.1 Å². The van der Waals surface area contributed by atoms with Gasteiger partial charge in [0.15, 0.2) is 0 Å². The van der Waals surface area contributed by atoms with Gasteiger partial charge in [0.05, 0.1) is 16.2 Å². The van der Waals surface area contributed by atoms with Crippen LogP contribution in [-0.2, 0) is 11.0 Å². The summed E-state index contributed by atoms with van der Waals surface area (Å²) in [4.78, 5) is 20.3. The molecule has 1 aromatic rings. The monoisotopic (exact) mass is 263 g/mol. The number of halogens is 3. The first-order valence-corrected chi connectivity index (χ1v) is 4.55. The van der Waals surface area contributed by atoms with E-state index in [1.54, 1.807) is 0 Å². The fourth-order valence-electron chi connectivity index (χ4n) is 1.25. The van der Waals surface area contributed by atoms with Crippen molar-refractivity contribution in [3.63, 3.8) is 0 Å². The van der Waals surface area contributed by atoms with Crippen molar-refractivity contribution in [2.24, 2.45) is 0 Å². The molecule has 3 N–H and O–H groups in total. The van der Waals surface area contributed by atoms with Crippen LogP contribution in [0.2, 0.25) is 0 Å². The molecule has 0 saturated heterocycles. The summed E-state index contributed by atoms with van der Waals surface area (Å²) in [6.45, 7) is 1.05. The molecule has 1 rings (SSSR count). The lowest BCUT2D eigenvalue weighted by Crippen LogP contribution is -2.13. The molecule has 0 radical (unpaired) electrons. The lowest BCUT2D eigenvalue weighted by Gasteiger charge is -2.11. The van der Waals surface area contributed by atoms with Crippen LogP contribution in [0, 0.1) is 10.1 Å². The van der Waals surface area contributed by atoms with Gasteiger partial charge >= 0.3 is 6.18 Å². The van der Waals surface area contributed by atoms with Gasteiger partial charge in [-0.2, -0.15) is 13.2 Å². The minimum Gasteiger partial charge on any atom is -0.391 e. The van der Waals surface area contributed by atoms with E-state index in [0.29, 0.717) is 12.1 Å². The molecule has 0 aliphatic heterocycles. The standard InChI is InChI=1S/C9H8F3N3O3/c1-4(16)14-6-2-5(9(10,11)12)3-7(8(6)13)15(17)18/h2-3H,13H2,1H3,(H,14,16). The molecule has 0 fully saturated rings. The summed E-state index contributed by atoms with van der Waals surface area (Å²) in [5.74, 6) is -0.685. The summed E-state index contributed by atoms with van der Waals surface area (Å²) >= 11 is 0. The number of nitrogens with zero attached hydrogens (tertiary/aromatic N) is 1. The Morgan fingerprint density at radius 3 is 2.39 bits per heavy atom. The summed E-state index contributed by atoms with van der Waals surface area (Å²) in [6, 6.07) is 0.865. The fourth-order valence-corrected chi connectivity index (χ4v) is 1.25. The molecule has 0 heterocycles. The highest BCUT2D eigenvalue weighted by atomic mass is 19.4. The normalized spacial score (nSPS) is 11.1. The van der Waals surface area contributed by atoms with E-state index in [-0.39, 0.29) is 0 Å². The van der Waals surface area contributed by atoms with E-state index in [4.69, 9.17) is 5.73 Å². The van der Waals surface area contributed by atoms with Gasteiger partial charge in [0, 0.05) is 13.0 Å². The zero-order valence-corrected chi connectivity index (χ0v) is 9.04. The van der Waals surface area contributed by atoms with Gasteiger partial charge < -0.3 is 11.1 Å². The van der Waals surface area contributed by atoms with Crippen LogP contribution in [0.25, 0.3) is 0 Å². The van der Waals surface area contributed by atoms with Crippen molar-refractivity contribution in [1.82, 2.24) is 0 Å². The second-order valence-corrected chi connectivity index (χ2v) is 3.39. The SMILES string of the molecule is CC(=O)Nc1cc(C(F)(F)F)cc([N+](=O)[O-])c1N. The molecule has 0 aromatic heterocycles. The van der Waals surface area contributed by atoms with Gasteiger partial charge in [-0.15, -0.1) is 0 Å². The fraction of sp³-hybridized carbons (Fsp3) is 0.222. The van der Waals surface area contributed by atoms with Gasteiger partial charge in [0.25, 0.3) is 5.69 Å². The topological polar surface area (TPSA) is 98.3 Å². The molecule has 0 saturated carbocycles. The van der Waals surface area contributed by atoms with Crippen LogP contribution in [0.5, 0.6) is 0 Å². The number of nitrogen functional groups attached to an aromatic ring is 1. The number of amides is 1. The number of hydrogen-bond donors (Lipinski definition) is 2. The highest BCUT2D eigenvalue weighted by Gasteiger charge is 2.34. The number of benzene rings is 1. The molecular formula is C9H8F3N3O3. The summed E-state index contributed by atoms with van der Waals surface area (Å²) in [5.41, 5.74) is 2.19. The molecule has 0 spiro atoms. The Hall–Kier alpha value is -2.32. The maximum absolute atomic E-state index is 12.5. The quantitative estimate of drug-likeness (QED) is 0.485. The lowest BCUT2D eigenvalue weighted by atomic mass is 10.1. The Morgan fingerprint density at radius 2 is 2.00 bits per heavy atom. The molecule has 6 nitrogen and oxygen atoms in total. The third-order valence-electron chi connectivity index (χ3n) is 1.99. The van der Waals surface area contributed by atoms with Crippen LogP contribution in [0.4, 0.5) is 30.2 Å². The van der Waals surface area contributed by atoms with E-state index >= 15 is 0 Å². The molecule has 0 aliphatic rings. The first-order valence-electron chi connectivity index (χ1n) is 4.55. The van der Waals surface area contributed by atoms with Crippen LogP contribution in [-0.4, -0.2) is 10.8 Å². The minimum absolute atomic E-state index is 0.320. The summed E-state index contributed by atoms with van der Waals surface area (Å²) in [6.07, 6.45) is -4.77. The van der Waals surface area contributed by atoms with Crippen LogP contribution in [0.3, 0.4) is 0 Å². The highest BCUT2D eigenvalue weighted by molar-refractivity contribution is 5.94. The van der Waals surface area contributed by atoms with Crippen molar-refractivity contribution in [1.29, 1.82) is 0 Å². The van der Waals surface area contributed by atoms with E-state index in [9.17, 15) is 28.1 Å². The number of anilines is 2. The average molecular weight is 263 g/mol. The lowest BCUT2D eigenvalue weighted by molar-refractivity contribution is -0.384. The van der Waals surface area contributed by atoms with Crippen LogP contribution < -0.4 is 11.1 Å². The van der Waals surface area contributed by atoms with Gasteiger partial charge in [-0.25, -0.2) is 0 Å². The second-order valence-electron chi connectivity index (χ2n) is 3.39. The largest absolute Gasteiger partial charge is 0.416 e. The van der Waals surface area contributed by atoms with Crippen molar-refractivity contribution < 1.29 is 22.9 Å². The van der Waals surface area contributed by atoms with Crippen molar-refractivity contribution >= 4 is 23.0 Å². The molecule has 1 aromatic carbocycles. The van der Waals surface area contributed by atoms with Crippen LogP contribution in [0.15, 0.2) is 12.1 Å². The maximum Gasteiger partial charge on any atom is 0.416 e. The van der Waals surface area contributed by atoms with Crippen LogP contribution in [0.1, 0.15) is 12.5 Å². The smallest absolute Gasteiger partial charge is 0.391 e. The van der Waals surface area contributed by atoms with Gasteiger partial charge in [-0.1, -0.05) is 0 Å². The zero-order chi connectivity index (χ0) is 14.1. The third kappa shape index (κ3) is 2.87. The Morgan fingerprint density at radius 1 is 1.44 bits per heavy atom. The predicted octanol–water partition coefficient (Wildman–Crippen LogP) is 2.15. The van der Waals surface area contributed by atoms with E-state index in [1.165, 1.54) is 0 Å². The van der Waals surface area contributed by atoms with Crippen molar-refractivity contribution in [3.05, 3.63) is 27.8 Å². The molecule has 9 heteroatoms. The first-order chi connectivity index (χ1) is 8.12. The number of nitrogens with two attached hydrogens (primary N) is 1. The summed E-state index contributed by atoms with van der Waals surface area (Å²) < 4.78 is 37.5. The second kappa shape index (κ2) is 4.51. The Balaban J connectivity index is 3.46. The van der Waals surface area contributed by atoms with Gasteiger partial charge in [0.2, 0.25) is 5.91 Å². The molecule has 0 atom stereocenters. The summed E-state index contributed by atoms with van der Waals surface area (Å²) in [5, 5.41) is 12.6. The first kappa shape index (κ1) is 13.7. The van der Waals surface area contributed by atoms with E-state index in [2.05, 4.69) is 0 Å². The molecule has 98 valence electrons. The number of hydrogen-bond acceptors (Lipinski definition) is 4. The Bertz CT molecular complexity index is 514. The van der Waals surface area contributed by atoms with E-state index in [1.807, 2.05) is 5.32 Å². The Labute approximate surface area is 98.7 Å². The number of nitro groups is 1. The third-order valence-corrected chi connectivity index (χ3v) is 1.99. The minimum atomic E-state index is -4.77. The van der Waals surface area contributed by atoms with Crippen molar-refractivity contribution in [3.8, 4) is 0 Å². The number of carbonyl (C=O) groups is 1.